The van der Waals surface area contributed by atoms with E-state index in [1.54, 1.807) is 40.9 Å². The fourth-order valence-electron chi connectivity index (χ4n) is 2.34. The molecule has 0 spiro atoms. The van der Waals surface area contributed by atoms with E-state index in [1.165, 1.54) is 16.0 Å². The number of benzene rings is 2. The van der Waals surface area contributed by atoms with Gasteiger partial charge in [0.05, 0.1) is 4.21 Å². The maximum absolute atomic E-state index is 13.8. The zero-order chi connectivity index (χ0) is 16.2. The average molecular weight is 361 g/mol. The molecule has 1 heterocycles. The lowest BCUT2D eigenvalue weighted by Crippen LogP contribution is -1.81. The zero-order valence-electron chi connectivity index (χ0n) is 13.0. The van der Waals surface area contributed by atoms with Crippen LogP contribution in [0.2, 0.25) is 0 Å². The Labute approximate surface area is 149 Å². The van der Waals surface area contributed by atoms with E-state index in [2.05, 4.69) is 48.7 Å². The highest BCUT2D eigenvalue weighted by atomic mass is 32.2. The summed E-state index contributed by atoms with van der Waals surface area (Å²) < 4.78 is 14.8. The Morgan fingerprint density at radius 3 is 2.35 bits per heavy atom. The second kappa shape index (κ2) is 7.56. The molecule has 0 radical (unpaired) electrons. The molecular weight excluding hydrogens is 343 g/mol. The Bertz CT molecular complexity index is 794. The summed E-state index contributed by atoms with van der Waals surface area (Å²) in [6.07, 6.45) is 2.83. The maximum Gasteiger partial charge on any atom is 0.138 e. The summed E-state index contributed by atoms with van der Waals surface area (Å²) in [5, 5.41) is 0. The summed E-state index contributed by atoms with van der Waals surface area (Å²) in [6, 6.07) is 18.6. The number of rotatable bonds is 5. The van der Waals surface area contributed by atoms with Gasteiger partial charge in [0, 0.05) is 14.7 Å². The predicted octanol–water partition coefficient (Wildman–Crippen LogP) is 6.99. The summed E-state index contributed by atoms with van der Waals surface area (Å²) in [5.41, 5.74) is 2.41. The molecule has 0 aliphatic heterocycles. The molecule has 0 bridgehead atoms. The summed E-state index contributed by atoms with van der Waals surface area (Å²) in [7, 11) is 0. The van der Waals surface area contributed by atoms with Crippen molar-refractivity contribution in [3.63, 3.8) is 0 Å². The highest BCUT2D eigenvalue weighted by Crippen LogP contribution is 2.38. The quantitative estimate of drug-likeness (QED) is 0.450. The minimum absolute atomic E-state index is 0.0793. The number of hydrogen-bond acceptors (Lipinski definition) is 3. The lowest BCUT2D eigenvalue weighted by atomic mass is 10.1. The number of thiophene rings is 1. The van der Waals surface area contributed by atoms with Crippen LogP contribution in [-0.2, 0) is 6.42 Å². The van der Waals surface area contributed by atoms with Crippen molar-refractivity contribution >= 4 is 34.9 Å². The van der Waals surface area contributed by atoms with Gasteiger partial charge in [-0.1, -0.05) is 49.0 Å². The largest absolute Gasteiger partial charge is 0.206 e. The molecule has 3 rings (SSSR count). The zero-order valence-corrected chi connectivity index (χ0v) is 15.5. The second-order valence-electron chi connectivity index (χ2n) is 5.06. The van der Waals surface area contributed by atoms with Gasteiger partial charge in [-0.25, -0.2) is 4.39 Å². The minimum Gasteiger partial charge on any atom is -0.206 e. The Balaban J connectivity index is 1.95. The van der Waals surface area contributed by atoms with Crippen LogP contribution in [0.5, 0.6) is 0 Å². The van der Waals surface area contributed by atoms with Crippen molar-refractivity contribution in [2.45, 2.75) is 27.3 Å². The van der Waals surface area contributed by atoms with Crippen molar-refractivity contribution in [3.05, 3.63) is 65.3 Å². The van der Waals surface area contributed by atoms with Crippen LogP contribution in [0.3, 0.4) is 0 Å². The van der Waals surface area contributed by atoms with Gasteiger partial charge >= 0.3 is 0 Å². The van der Waals surface area contributed by atoms with E-state index in [1.807, 2.05) is 13.0 Å². The lowest BCUT2D eigenvalue weighted by Gasteiger charge is -2.08. The molecular formula is C19H17FS3. The highest BCUT2D eigenvalue weighted by Gasteiger charge is 2.10. The van der Waals surface area contributed by atoms with E-state index in [0.29, 0.717) is 0 Å². The first-order valence-electron chi connectivity index (χ1n) is 7.40. The first-order chi connectivity index (χ1) is 11.2. The Morgan fingerprint density at radius 2 is 1.70 bits per heavy atom. The standard InChI is InChI=1S/C19H17FS3/c1-3-18-17(20)12-19(23-18)22-16-10-14(9-15(11-16)21-2)13-7-5-4-6-8-13/h4-12H,3H2,1-2H3. The summed E-state index contributed by atoms with van der Waals surface area (Å²) in [5.74, 6) is -0.0793. The van der Waals surface area contributed by atoms with Gasteiger partial charge in [0.2, 0.25) is 0 Å². The van der Waals surface area contributed by atoms with Crippen LogP contribution in [0.15, 0.2) is 68.6 Å². The number of halogens is 1. The van der Waals surface area contributed by atoms with Crippen molar-refractivity contribution in [1.82, 2.24) is 0 Å². The highest BCUT2D eigenvalue weighted by molar-refractivity contribution is 8.01. The molecule has 0 aliphatic carbocycles. The molecule has 0 unspecified atom stereocenters. The van der Waals surface area contributed by atoms with Crippen molar-refractivity contribution < 1.29 is 4.39 Å². The Morgan fingerprint density at radius 1 is 0.957 bits per heavy atom. The molecule has 0 atom stereocenters. The van der Waals surface area contributed by atoms with Gasteiger partial charge in [-0.3, -0.25) is 0 Å². The maximum atomic E-state index is 13.8. The van der Waals surface area contributed by atoms with Gasteiger partial charge in [0.15, 0.2) is 0 Å². The molecule has 118 valence electrons. The van der Waals surface area contributed by atoms with E-state index in [4.69, 9.17) is 0 Å². The fraction of sp³-hybridized carbons (Fsp3) is 0.158. The summed E-state index contributed by atoms with van der Waals surface area (Å²) >= 11 is 4.92. The van der Waals surface area contributed by atoms with Gasteiger partial charge in [0.1, 0.15) is 5.82 Å². The van der Waals surface area contributed by atoms with Crippen molar-refractivity contribution in [3.8, 4) is 11.1 Å². The topological polar surface area (TPSA) is 0 Å². The fourth-order valence-corrected chi connectivity index (χ4v) is 5.13. The van der Waals surface area contributed by atoms with E-state index in [-0.39, 0.29) is 5.82 Å². The van der Waals surface area contributed by atoms with Crippen molar-refractivity contribution in [2.75, 3.05) is 6.26 Å². The SMILES string of the molecule is CCc1sc(Sc2cc(SC)cc(-c3ccccc3)c2)cc1F. The Kier molecular flexibility index (Phi) is 5.46. The van der Waals surface area contributed by atoms with Crippen LogP contribution >= 0.6 is 34.9 Å². The summed E-state index contributed by atoms with van der Waals surface area (Å²) in [4.78, 5) is 3.21. The molecule has 1 aromatic heterocycles. The van der Waals surface area contributed by atoms with Crippen molar-refractivity contribution in [2.24, 2.45) is 0 Å². The van der Waals surface area contributed by atoms with Gasteiger partial charge in [0.25, 0.3) is 0 Å². The van der Waals surface area contributed by atoms with E-state index < -0.39 is 0 Å². The molecule has 23 heavy (non-hydrogen) atoms. The third-order valence-corrected chi connectivity index (χ3v) is 6.54. The number of thioether (sulfide) groups is 1. The van der Waals surface area contributed by atoms with Gasteiger partial charge in [-0.05, 0) is 48.1 Å². The van der Waals surface area contributed by atoms with Crippen LogP contribution in [0.1, 0.15) is 11.8 Å². The molecule has 0 fully saturated rings. The van der Waals surface area contributed by atoms with Gasteiger partial charge in [-0.15, -0.1) is 23.1 Å². The first-order valence-corrected chi connectivity index (χ1v) is 10.3. The molecule has 4 heteroatoms. The second-order valence-corrected chi connectivity index (χ2v) is 8.45. The van der Waals surface area contributed by atoms with E-state index >= 15 is 0 Å². The van der Waals surface area contributed by atoms with Crippen LogP contribution in [0, 0.1) is 5.82 Å². The van der Waals surface area contributed by atoms with Crippen molar-refractivity contribution in [1.29, 1.82) is 0 Å². The third-order valence-electron chi connectivity index (χ3n) is 3.50. The third kappa shape index (κ3) is 4.00. The number of aryl methyl sites for hydroxylation is 1. The normalized spacial score (nSPS) is 10.9. The molecule has 0 amide bonds. The van der Waals surface area contributed by atoms with Crippen LogP contribution < -0.4 is 0 Å². The van der Waals surface area contributed by atoms with Gasteiger partial charge < -0.3 is 0 Å². The molecule has 0 saturated carbocycles. The smallest absolute Gasteiger partial charge is 0.138 e. The van der Waals surface area contributed by atoms with Crippen LogP contribution in [-0.4, -0.2) is 6.26 Å². The minimum atomic E-state index is -0.0793. The van der Waals surface area contributed by atoms with Crippen LogP contribution in [0.4, 0.5) is 4.39 Å². The first kappa shape index (κ1) is 16.6. The molecule has 0 nitrogen and oxygen atoms in total. The molecule has 0 saturated heterocycles. The Hall–Kier alpha value is -1.23. The number of hydrogen-bond donors (Lipinski definition) is 0. The van der Waals surface area contributed by atoms with Gasteiger partial charge in [-0.2, -0.15) is 0 Å². The monoisotopic (exact) mass is 360 g/mol. The molecule has 0 N–H and O–H groups in total. The average Bonchev–Trinajstić information content (AvgIpc) is 2.94. The molecule has 3 aromatic rings. The van der Waals surface area contributed by atoms with Crippen LogP contribution in [0.25, 0.3) is 11.1 Å². The van der Waals surface area contributed by atoms with E-state index in [9.17, 15) is 4.39 Å². The molecule has 2 aromatic carbocycles. The molecule has 0 aliphatic rings. The predicted molar refractivity (Wildman–Crippen MR) is 101 cm³/mol. The van der Waals surface area contributed by atoms with E-state index in [0.717, 1.165) is 20.4 Å². The lowest BCUT2D eigenvalue weighted by molar-refractivity contribution is 0.619. The summed E-state index contributed by atoms with van der Waals surface area (Å²) in [6.45, 7) is 1.99.